The van der Waals surface area contributed by atoms with Crippen molar-refractivity contribution in [1.82, 2.24) is 15.4 Å². The number of allylic oxidation sites excluding steroid dienone is 1. The van der Waals surface area contributed by atoms with Crippen molar-refractivity contribution in [2.24, 2.45) is 0 Å². The molecular weight excluding hydrogens is 356 g/mol. The van der Waals surface area contributed by atoms with Crippen molar-refractivity contribution < 1.29 is 17.9 Å². The first-order valence-corrected chi connectivity index (χ1v) is 9.91. The molecule has 3 rings (SSSR count). The van der Waals surface area contributed by atoms with Gasteiger partial charge in [0.1, 0.15) is 10.9 Å². The van der Waals surface area contributed by atoms with Gasteiger partial charge in [-0.25, -0.2) is 13.2 Å². The maximum absolute atomic E-state index is 12.8. The summed E-state index contributed by atoms with van der Waals surface area (Å²) in [4.78, 5) is 12.1. The number of hydrogen-bond donors (Lipinski definition) is 2. The maximum Gasteiger partial charge on any atom is 0.335 e. The molecule has 1 aromatic heterocycles. The molecule has 1 aliphatic rings. The average Bonchev–Trinajstić information content (AvgIpc) is 3.17. The molecule has 0 radical (unpaired) electrons. The van der Waals surface area contributed by atoms with Gasteiger partial charge in [-0.3, -0.25) is 4.72 Å². The van der Waals surface area contributed by atoms with E-state index < -0.39 is 21.2 Å². The Morgan fingerprint density at radius 3 is 2.77 bits per heavy atom. The third kappa shape index (κ3) is 3.93. The lowest BCUT2D eigenvalue weighted by Crippen LogP contribution is -2.34. The molecule has 1 aromatic carbocycles. The molecule has 2 N–H and O–H groups in total. The van der Waals surface area contributed by atoms with E-state index >= 15 is 0 Å². The molecule has 1 heterocycles. The van der Waals surface area contributed by atoms with Gasteiger partial charge in [-0.15, -0.1) is 0 Å². The van der Waals surface area contributed by atoms with Crippen LogP contribution in [0, 0.1) is 0 Å². The Bertz CT molecular complexity index is 889. The summed E-state index contributed by atoms with van der Waals surface area (Å²) in [7, 11) is -3.77. The van der Waals surface area contributed by atoms with Crippen molar-refractivity contribution in [1.29, 1.82) is 0 Å². The topological polar surface area (TPSA) is 114 Å². The number of rotatable bonds is 6. The molecule has 0 spiro atoms. The van der Waals surface area contributed by atoms with E-state index in [1.54, 1.807) is 43.5 Å². The van der Waals surface area contributed by atoms with Gasteiger partial charge in [0.2, 0.25) is 10.0 Å². The monoisotopic (exact) mass is 376 g/mol. The van der Waals surface area contributed by atoms with Crippen molar-refractivity contribution >= 4 is 21.7 Å². The van der Waals surface area contributed by atoms with E-state index in [0.717, 1.165) is 5.56 Å². The van der Waals surface area contributed by atoms with E-state index in [1.165, 1.54) is 0 Å². The quantitative estimate of drug-likeness (QED) is 0.748. The number of nitrogens with one attached hydrogen (secondary N) is 2. The standard InChI is InChI=1S/C17H20N4O4S/c1-2-25-17(22)14-5-3-4-6-16(14)26(23,24)20-13-9-7-12(8-10-13)15-11-18-21-19-15/h5,7-11,16,20H,2-4,6H2,1H3,(H,18,19,21). The van der Waals surface area contributed by atoms with Crippen LogP contribution in [-0.2, 0) is 19.6 Å². The Labute approximate surface area is 151 Å². The van der Waals surface area contributed by atoms with Gasteiger partial charge in [-0.05, 0) is 38.3 Å². The minimum absolute atomic E-state index is 0.208. The number of benzene rings is 1. The van der Waals surface area contributed by atoms with Gasteiger partial charge in [0.05, 0.1) is 18.4 Å². The van der Waals surface area contributed by atoms with Crippen LogP contribution in [0.3, 0.4) is 0 Å². The van der Waals surface area contributed by atoms with Crippen LogP contribution >= 0.6 is 0 Å². The number of ether oxygens (including phenoxy) is 1. The maximum atomic E-state index is 12.8. The molecule has 2 aromatic rings. The first-order chi connectivity index (χ1) is 12.5. The zero-order chi connectivity index (χ0) is 18.6. The van der Waals surface area contributed by atoms with Crippen molar-refractivity contribution in [2.45, 2.75) is 31.4 Å². The second-order valence-corrected chi connectivity index (χ2v) is 7.74. The van der Waals surface area contributed by atoms with Crippen LogP contribution in [0.2, 0.25) is 0 Å². The first kappa shape index (κ1) is 18.1. The molecule has 0 amide bonds. The predicted octanol–water partition coefficient (Wildman–Crippen LogP) is 2.26. The summed E-state index contributed by atoms with van der Waals surface area (Å²) >= 11 is 0. The number of aromatic amines is 1. The fraction of sp³-hybridized carbons (Fsp3) is 0.353. The van der Waals surface area contributed by atoms with Gasteiger partial charge in [-0.1, -0.05) is 18.2 Å². The Morgan fingerprint density at radius 2 is 2.12 bits per heavy atom. The molecule has 0 saturated heterocycles. The van der Waals surface area contributed by atoms with Gasteiger partial charge in [0.25, 0.3) is 0 Å². The predicted molar refractivity (Wildman–Crippen MR) is 96.7 cm³/mol. The number of esters is 1. The fourth-order valence-corrected chi connectivity index (χ4v) is 4.49. The van der Waals surface area contributed by atoms with E-state index in [4.69, 9.17) is 4.74 Å². The van der Waals surface area contributed by atoms with Crippen LogP contribution < -0.4 is 4.72 Å². The summed E-state index contributed by atoms with van der Waals surface area (Å²) in [5, 5.41) is 9.34. The highest BCUT2D eigenvalue weighted by Crippen LogP contribution is 2.28. The molecule has 26 heavy (non-hydrogen) atoms. The largest absolute Gasteiger partial charge is 0.463 e. The van der Waals surface area contributed by atoms with E-state index in [0.29, 0.717) is 30.6 Å². The zero-order valence-corrected chi connectivity index (χ0v) is 15.1. The molecule has 0 fully saturated rings. The first-order valence-electron chi connectivity index (χ1n) is 8.36. The molecular formula is C17H20N4O4S. The molecule has 1 unspecified atom stereocenters. The minimum atomic E-state index is -3.77. The second kappa shape index (κ2) is 7.69. The van der Waals surface area contributed by atoms with Crippen LogP contribution in [0.5, 0.6) is 0 Å². The summed E-state index contributed by atoms with van der Waals surface area (Å²) < 4.78 is 33.2. The molecule has 138 valence electrons. The van der Waals surface area contributed by atoms with Crippen molar-refractivity contribution in [3.8, 4) is 11.3 Å². The molecule has 0 aliphatic heterocycles. The second-order valence-electron chi connectivity index (χ2n) is 5.88. The fourth-order valence-electron chi connectivity index (χ4n) is 2.88. The molecule has 1 aliphatic carbocycles. The number of anilines is 1. The number of carbonyl (C=O) groups is 1. The van der Waals surface area contributed by atoms with Gasteiger partial charge in [0, 0.05) is 11.3 Å². The summed E-state index contributed by atoms with van der Waals surface area (Å²) in [6.45, 7) is 1.90. The SMILES string of the molecule is CCOC(=O)C1=CCCCC1S(=O)(=O)Nc1ccc(-c2cn[nH]n2)cc1. The van der Waals surface area contributed by atoms with E-state index in [9.17, 15) is 13.2 Å². The van der Waals surface area contributed by atoms with Crippen molar-refractivity contribution in [3.63, 3.8) is 0 Å². The highest BCUT2D eigenvalue weighted by Gasteiger charge is 2.35. The average molecular weight is 376 g/mol. The number of nitrogens with zero attached hydrogens (tertiary/aromatic N) is 2. The molecule has 1 atom stereocenters. The Kier molecular flexibility index (Phi) is 5.36. The van der Waals surface area contributed by atoms with Crippen LogP contribution in [0.4, 0.5) is 5.69 Å². The van der Waals surface area contributed by atoms with Gasteiger partial charge in [-0.2, -0.15) is 15.4 Å². The molecule has 0 saturated carbocycles. The van der Waals surface area contributed by atoms with Crippen LogP contribution in [0.1, 0.15) is 26.2 Å². The van der Waals surface area contributed by atoms with Crippen LogP contribution in [0.25, 0.3) is 11.3 Å². The Hall–Kier alpha value is -2.68. The Balaban J connectivity index is 1.78. The van der Waals surface area contributed by atoms with Gasteiger partial charge in [0.15, 0.2) is 0 Å². The van der Waals surface area contributed by atoms with E-state index in [1.807, 2.05) is 0 Å². The third-order valence-electron chi connectivity index (χ3n) is 4.12. The van der Waals surface area contributed by atoms with Crippen molar-refractivity contribution in [3.05, 3.63) is 42.1 Å². The number of aromatic nitrogens is 3. The molecule has 0 bridgehead atoms. The number of hydrogen-bond acceptors (Lipinski definition) is 6. The summed E-state index contributed by atoms with van der Waals surface area (Å²) in [6, 6.07) is 6.80. The smallest absolute Gasteiger partial charge is 0.335 e. The van der Waals surface area contributed by atoms with Gasteiger partial charge < -0.3 is 4.74 Å². The lowest BCUT2D eigenvalue weighted by atomic mass is 9.99. The lowest BCUT2D eigenvalue weighted by Gasteiger charge is -2.23. The molecule has 9 heteroatoms. The van der Waals surface area contributed by atoms with Crippen LogP contribution in [-0.4, -0.2) is 41.7 Å². The summed E-state index contributed by atoms with van der Waals surface area (Å²) in [5.74, 6) is -0.566. The zero-order valence-electron chi connectivity index (χ0n) is 14.3. The third-order valence-corrected chi connectivity index (χ3v) is 5.88. The summed E-state index contributed by atoms with van der Waals surface area (Å²) in [5.41, 5.74) is 2.11. The highest BCUT2D eigenvalue weighted by molar-refractivity contribution is 7.93. The Morgan fingerprint density at radius 1 is 1.35 bits per heavy atom. The van der Waals surface area contributed by atoms with Crippen molar-refractivity contribution in [2.75, 3.05) is 11.3 Å². The lowest BCUT2D eigenvalue weighted by molar-refractivity contribution is -0.138. The van der Waals surface area contributed by atoms with E-state index in [2.05, 4.69) is 20.1 Å². The highest BCUT2D eigenvalue weighted by atomic mass is 32.2. The van der Waals surface area contributed by atoms with E-state index in [-0.39, 0.29) is 12.2 Å². The minimum Gasteiger partial charge on any atom is -0.463 e. The van der Waals surface area contributed by atoms with Gasteiger partial charge >= 0.3 is 5.97 Å². The molecule has 8 nitrogen and oxygen atoms in total. The number of carbonyl (C=O) groups excluding carboxylic acids is 1. The normalized spacial score (nSPS) is 17.4. The number of sulfonamides is 1. The van der Waals surface area contributed by atoms with Crippen LogP contribution in [0.15, 0.2) is 42.1 Å². The number of H-pyrrole nitrogens is 1. The summed E-state index contributed by atoms with van der Waals surface area (Å²) in [6.07, 6.45) is 5.01.